The van der Waals surface area contributed by atoms with Gasteiger partial charge in [0, 0.05) is 0 Å². The molecule has 0 aromatic rings. The lowest BCUT2D eigenvalue weighted by atomic mass is 9.50. The zero-order valence-electron chi connectivity index (χ0n) is 12.5. The topological polar surface area (TPSA) is 3.24 Å². The Morgan fingerprint density at radius 1 is 0.875 bits per heavy atom. The fourth-order valence-electron chi connectivity index (χ4n) is 3.88. The number of nitrogens with zero attached hydrogens (tertiary/aromatic N) is 1. The van der Waals surface area contributed by atoms with E-state index in [2.05, 4.69) is 53.4 Å². The highest BCUT2D eigenvalue weighted by Crippen LogP contribution is 2.57. The van der Waals surface area contributed by atoms with Crippen molar-refractivity contribution in [3.8, 4) is 0 Å². The lowest BCUT2D eigenvalue weighted by Gasteiger charge is -2.57. The fraction of sp³-hybridized carbons (Fsp3) is 1.00. The highest BCUT2D eigenvalue weighted by molar-refractivity contribution is 5.01. The van der Waals surface area contributed by atoms with E-state index >= 15 is 0 Å². The third-order valence-corrected chi connectivity index (χ3v) is 5.03. The predicted molar refractivity (Wildman–Crippen MR) is 72.7 cm³/mol. The van der Waals surface area contributed by atoms with Gasteiger partial charge in [-0.1, -0.05) is 48.5 Å². The monoisotopic (exact) mass is 225 g/mol. The van der Waals surface area contributed by atoms with E-state index in [0.29, 0.717) is 16.2 Å². The van der Waals surface area contributed by atoms with Crippen LogP contribution in [0.25, 0.3) is 0 Å². The molecule has 1 heteroatoms. The van der Waals surface area contributed by atoms with E-state index in [1.165, 1.54) is 32.5 Å². The Kier molecular flexibility index (Phi) is 3.79. The summed E-state index contributed by atoms with van der Waals surface area (Å²) < 4.78 is 0. The summed E-state index contributed by atoms with van der Waals surface area (Å²) in [5, 5.41) is 0. The van der Waals surface area contributed by atoms with Crippen LogP contribution in [0, 0.1) is 16.2 Å². The predicted octanol–water partition coefficient (Wildman–Crippen LogP) is 4.18. The Morgan fingerprint density at radius 3 is 1.50 bits per heavy atom. The summed E-state index contributed by atoms with van der Waals surface area (Å²) in [6.45, 7) is 20.6. The van der Waals surface area contributed by atoms with Gasteiger partial charge in [-0.3, -0.25) is 0 Å². The highest BCUT2D eigenvalue weighted by atomic mass is 15.1. The van der Waals surface area contributed by atoms with Crippen molar-refractivity contribution in [3.63, 3.8) is 0 Å². The van der Waals surface area contributed by atoms with Crippen molar-refractivity contribution in [2.24, 2.45) is 16.2 Å². The standard InChI is InChI=1S/C15H31N/c1-8-16-11-9-15(10-12-16,13(2,3)4)14(5,6)7/h8-12H2,1-7H3. The first-order valence-electron chi connectivity index (χ1n) is 6.86. The third-order valence-electron chi connectivity index (χ3n) is 5.03. The van der Waals surface area contributed by atoms with Crippen molar-refractivity contribution in [1.82, 2.24) is 4.90 Å². The molecule has 1 rings (SSSR count). The summed E-state index contributed by atoms with van der Waals surface area (Å²) in [7, 11) is 0. The minimum atomic E-state index is 0.408. The van der Waals surface area contributed by atoms with Gasteiger partial charge in [0.2, 0.25) is 0 Å². The number of hydrogen-bond donors (Lipinski definition) is 0. The molecule has 0 saturated carbocycles. The Balaban J connectivity index is 2.93. The van der Waals surface area contributed by atoms with Crippen molar-refractivity contribution in [3.05, 3.63) is 0 Å². The molecule has 16 heavy (non-hydrogen) atoms. The Morgan fingerprint density at radius 2 is 1.25 bits per heavy atom. The number of hydrogen-bond acceptors (Lipinski definition) is 1. The van der Waals surface area contributed by atoms with Crippen LogP contribution in [0.4, 0.5) is 0 Å². The first-order valence-corrected chi connectivity index (χ1v) is 6.86. The summed E-state index contributed by atoms with van der Waals surface area (Å²) >= 11 is 0. The van der Waals surface area contributed by atoms with Crippen molar-refractivity contribution in [2.75, 3.05) is 19.6 Å². The molecule has 1 heterocycles. The largest absolute Gasteiger partial charge is 0.304 e. The average Bonchev–Trinajstić information content (AvgIpc) is 2.14. The maximum Gasteiger partial charge on any atom is -0.00131 e. The molecule has 0 radical (unpaired) electrons. The molecule has 0 atom stereocenters. The minimum Gasteiger partial charge on any atom is -0.304 e. The molecule has 1 saturated heterocycles. The fourth-order valence-corrected chi connectivity index (χ4v) is 3.88. The summed E-state index contributed by atoms with van der Waals surface area (Å²) in [4.78, 5) is 2.59. The molecule has 96 valence electrons. The van der Waals surface area contributed by atoms with Gasteiger partial charge in [0.05, 0.1) is 0 Å². The lowest BCUT2D eigenvalue weighted by Crippen LogP contribution is -2.53. The van der Waals surface area contributed by atoms with Gasteiger partial charge >= 0.3 is 0 Å². The molecule has 0 N–H and O–H groups in total. The molecule has 1 fully saturated rings. The molecule has 0 bridgehead atoms. The van der Waals surface area contributed by atoms with Crippen LogP contribution >= 0.6 is 0 Å². The van der Waals surface area contributed by atoms with Gasteiger partial charge in [-0.2, -0.15) is 0 Å². The maximum absolute atomic E-state index is 2.59. The van der Waals surface area contributed by atoms with Gasteiger partial charge in [0.25, 0.3) is 0 Å². The molecule has 0 unspecified atom stereocenters. The normalized spacial score (nSPS) is 23.4. The number of rotatable bonds is 1. The molecule has 1 nitrogen and oxygen atoms in total. The van der Waals surface area contributed by atoms with E-state index in [1.807, 2.05) is 0 Å². The van der Waals surface area contributed by atoms with Crippen LogP contribution in [0.5, 0.6) is 0 Å². The zero-order valence-corrected chi connectivity index (χ0v) is 12.5. The third kappa shape index (κ3) is 2.30. The molecule has 0 aliphatic carbocycles. The first kappa shape index (κ1) is 14.0. The van der Waals surface area contributed by atoms with E-state index in [9.17, 15) is 0 Å². The molecule has 0 amide bonds. The van der Waals surface area contributed by atoms with Gasteiger partial charge in [0.1, 0.15) is 0 Å². The summed E-state index contributed by atoms with van der Waals surface area (Å²) in [5.41, 5.74) is 1.31. The van der Waals surface area contributed by atoms with Crippen molar-refractivity contribution in [2.45, 2.75) is 61.3 Å². The molecule has 1 aliphatic heterocycles. The second-order valence-corrected chi connectivity index (χ2v) is 7.52. The summed E-state index contributed by atoms with van der Waals surface area (Å²) in [5.74, 6) is 0. The highest BCUT2D eigenvalue weighted by Gasteiger charge is 2.51. The van der Waals surface area contributed by atoms with Crippen LogP contribution in [0.2, 0.25) is 0 Å². The van der Waals surface area contributed by atoms with Crippen LogP contribution in [-0.2, 0) is 0 Å². The summed E-state index contributed by atoms with van der Waals surface area (Å²) in [6, 6.07) is 0. The first-order chi connectivity index (χ1) is 7.14. The van der Waals surface area contributed by atoms with Crippen molar-refractivity contribution >= 4 is 0 Å². The Hall–Kier alpha value is -0.0400. The molecular formula is C15H31N. The van der Waals surface area contributed by atoms with Crippen molar-refractivity contribution in [1.29, 1.82) is 0 Å². The Labute approximate surface area is 103 Å². The number of likely N-dealkylation sites (tertiary alicyclic amines) is 1. The lowest BCUT2D eigenvalue weighted by molar-refractivity contribution is -0.0807. The number of piperidine rings is 1. The average molecular weight is 225 g/mol. The van der Waals surface area contributed by atoms with Crippen molar-refractivity contribution < 1.29 is 0 Å². The molecule has 0 aromatic carbocycles. The van der Waals surface area contributed by atoms with Gasteiger partial charge in [-0.05, 0) is 48.7 Å². The van der Waals surface area contributed by atoms with Gasteiger partial charge in [0.15, 0.2) is 0 Å². The molecule has 1 aliphatic rings. The second-order valence-electron chi connectivity index (χ2n) is 7.52. The Bertz CT molecular complexity index is 205. The second kappa shape index (κ2) is 4.33. The van der Waals surface area contributed by atoms with E-state index < -0.39 is 0 Å². The van der Waals surface area contributed by atoms with E-state index in [0.717, 1.165) is 0 Å². The van der Waals surface area contributed by atoms with Gasteiger partial charge < -0.3 is 4.90 Å². The molecule has 0 spiro atoms. The van der Waals surface area contributed by atoms with E-state index in [4.69, 9.17) is 0 Å². The summed E-state index contributed by atoms with van der Waals surface area (Å²) in [6.07, 6.45) is 2.71. The van der Waals surface area contributed by atoms with Crippen LogP contribution in [0.15, 0.2) is 0 Å². The zero-order chi connectivity index (χ0) is 12.6. The smallest absolute Gasteiger partial charge is 0.00131 e. The maximum atomic E-state index is 2.59. The minimum absolute atomic E-state index is 0.408. The quantitative estimate of drug-likeness (QED) is 0.647. The molecular weight excluding hydrogens is 194 g/mol. The van der Waals surface area contributed by atoms with Gasteiger partial charge in [-0.25, -0.2) is 0 Å². The molecule has 0 aromatic heterocycles. The van der Waals surface area contributed by atoms with Crippen LogP contribution in [0.3, 0.4) is 0 Å². The van der Waals surface area contributed by atoms with Crippen LogP contribution in [0.1, 0.15) is 61.3 Å². The SMILES string of the molecule is CCN1CCC(C(C)(C)C)(C(C)(C)C)CC1. The van der Waals surface area contributed by atoms with E-state index in [1.54, 1.807) is 0 Å². The van der Waals surface area contributed by atoms with Gasteiger partial charge in [-0.15, -0.1) is 0 Å². The van der Waals surface area contributed by atoms with E-state index in [-0.39, 0.29) is 0 Å². The van der Waals surface area contributed by atoms with Crippen LogP contribution < -0.4 is 0 Å². The van der Waals surface area contributed by atoms with Crippen LogP contribution in [-0.4, -0.2) is 24.5 Å².